The van der Waals surface area contributed by atoms with E-state index in [4.69, 9.17) is 18.0 Å². The molecule has 1 aromatic rings. The van der Waals surface area contributed by atoms with Crippen LogP contribution < -0.4 is 11.1 Å². The van der Waals surface area contributed by atoms with E-state index in [0.29, 0.717) is 6.42 Å². The largest absolute Gasteiger partial charge is 0.393 e. The molecule has 0 aliphatic heterocycles. The number of carbonyl (C=O) groups excluding carboxylic acids is 1. The van der Waals surface area contributed by atoms with Gasteiger partial charge in [-0.05, 0) is 20.3 Å². The molecular weight excluding hydrogens is 266 g/mol. The van der Waals surface area contributed by atoms with E-state index >= 15 is 0 Å². The van der Waals surface area contributed by atoms with E-state index in [1.54, 1.807) is 6.20 Å². The van der Waals surface area contributed by atoms with Crippen molar-refractivity contribution in [3.63, 3.8) is 0 Å². The van der Waals surface area contributed by atoms with Gasteiger partial charge < -0.3 is 11.1 Å². The van der Waals surface area contributed by atoms with Crippen molar-refractivity contribution in [2.24, 2.45) is 11.7 Å². The molecule has 3 N–H and O–H groups in total. The molecule has 1 atom stereocenters. The Morgan fingerprint density at radius 3 is 2.78 bits per heavy atom. The fourth-order valence-corrected chi connectivity index (χ4v) is 2.61. The van der Waals surface area contributed by atoms with Crippen molar-refractivity contribution in [3.8, 4) is 0 Å². The van der Waals surface area contributed by atoms with Crippen LogP contribution in [0.3, 0.4) is 0 Å². The molecular formula is C12H19N3OS2. The van der Waals surface area contributed by atoms with E-state index in [-0.39, 0.29) is 10.9 Å². The lowest BCUT2D eigenvalue weighted by atomic mass is 9.99. The maximum absolute atomic E-state index is 12.2. The number of nitrogens with one attached hydrogen (secondary N) is 1. The summed E-state index contributed by atoms with van der Waals surface area (Å²) in [5.41, 5.74) is 5.12. The average Bonchev–Trinajstić information content (AvgIpc) is 2.78. The molecule has 0 radical (unpaired) electrons. The molecule has 18 heavy (non-hydrogen) atoms. The summed E-state index contributed by atoms with van der Waals surface area (Å²) in [6, 6.07) is 0. The fraction of sp³-hybridized carbons (Fsp3) is 0.583. The highest BCUT2D eigenvalue weighted by Crippen LogP contribution is 2.23. The van der Waals surface area contributed by atoms with E-state index in [0.717, 1.165) is 11.4 Å². The smallest absolute Gasteiger partial charge is 0.230 e. The molecule has 0 spiro atoms. The Kier molecular flexibility index (Phi) is 5.22. The van der Waals surface area contributed by atoms with Gasteiger partial charge in [-0.1, -0.05) is 25.6 Å². The van der Waals surface area contributed by atoms with Crippen LogP contribution in [0.1, 0.15) is 38.6 Å². The monoisotopic (exact) mass is 285 g/mol. The van der Waals surface area contributed by atoms with Crippen molar-refractivity contribution in [3.05, 3.63) is 16.6 Å². The van der Waals surface area contributed by atoms with Crippen LogP contribution in [-0.2, 0) is 10.3 Å². The van der Waals surface area contributed by atoms with Gasteiger partial charge in [-0.3, -0.25) is 4.79 Å². The Hall–Kier alpha value is -1.01. The standard InChI is InChI=1S/C12H19N3OS2/c1-4-5-8(9(13)17)10(16)15-12(2,3)11-14-6-7-18-11/h6-8H,4-5H2,1-3H3,(H2,13,17)(H,15,16). The topological polar surface area (TPSA) is 68.0 Å². The molecule has 1 aromatic heterocycles. The van der Waals surface area contributed by atoms with Gasteiger partial charge in [0.1, 0.15) is 5.01 Å². The molecule has 0 bridgehead atoms. The molecule has 0 aliphatic rings. The second kappa shape index (κ2) is 6.24. The zero-order valence-electron chi connectivity index (χ0n) is 10.9. The van der Waals surface area contributed by atoms with Crippen molar-refractivity contribution in [2.45, 2.75) is 39.2 Å². The predicted octanol–water partition coefficient (Wildman–Crippen LogP) is 2.20. The molecule has 1 rings (SSSR count). The fourth-order valence-electron chi connectivity index (χ4n) is 1.67. The third-order valence-electron chi connectivity index (χ3n) is 2.64. The minimum absolute atomic E-state index is 0.121. The summed E-state index contributed by atoms with van der Waals surface area (Å²) in [5, 5.41) is 5.73. The summed E-state index contributed by atoms with van der Waals surface area (Å²) in [5.74, 6) is -0.520. The van der Waals surface area contributed by atoms with Crippen LogP contribution in [0.4, 0.5) is 0 Å². The normalized spacial score (nSPS) is 13.1. The van der Waals surface area contributed by atoms with Gasteiger partial charge in [-0.15, -0.1) is 11.3 Å². The number of hydrogen-bond donors (Lipinski definition) is 2. The lowest BCUT2D eigenvalue weighted by molar-refractivity contribution is -0.124. The zero-order valence-corrected chi connectivity index (χ0v) is 12.5. The summed E-state index contributed by atoms with van der Waals surface area (Å²) in [7, 11) is 0. The van der Waals surface area contributed by atoms with Crippen LogP contribution in [0.25, 0.3) is 0 Å². The van der Waals surface area contributed by atoms with Gasteiger partial charge in [0, 0.05) is 11.6 Å². The quantitative estimate of drug-likeness (QED) is 0.786. The van der Waals surface area contributed by atoms with Crippen molar-refractivity contribution < 1.29 is 4.79 Å². The van der Waals surface area contributed by atoms with Crippen LogP contribution in [0, 0.1) is 5.92 Å². The number of thiocarbonyl (C=S) groups is 1. The van der Waals surface area contributed by atoms with E-state index in [1.165, 1.54) is 11.3 Å². The van der Waals surface area contributed by atoms with E-state index in [1.807, 2.05) is 26.2 Å². The molecule has 1 unspecified atom stereocenters. The van der Waals surface area contributed by atoms with Crippen molar-refractivity contribution in [2.75, 3.05) is 0 Å². The number of rotatable bonds is 6. The number of amides is 1. The van der Waals surface area contributed by atoms with Gasteiger partial charge in [0.25, 0.3) is 0 Å². The van der Waals surface area contributed by atoms with Crippen molar-refractivity contribution >= 4 is 34.5 Å². The maximum atomic E-state index is 12.2. The lowest BCUT2D eigenvalue weighted by Crippen LogP contribution is -2.46. The first-order valence-corrected chi connectivity index (χ1v) is 7.18. The second-order valence-electron chi connectivity index (χ2n) is 4.70. The molecule has 0 fully saturated rings. The van der Waals surface area contributed by atoms with Gasteiger partial charge in [0.05, 0.1) is 16.4 Å². The van der Waals surface area contributed by atoms with Gasteiger partial charge in [0.2, 0.25) is 5.91 Å². The number of hydrogen-bond acceptors (Lipinski definition) is 4. The Balaban J connectivity index is 2.77. The summed E-state index contributed by atoms with van der Waals surface area (Å²) in [4.78, 5) is 16.7. The number of carbonyl (C=O) groups is 1. The highest BCUT2D eigenvalue weighted by Gasteiger charge is 2.29. The SMILES string of the molecule is CCCC(C(=O)NC(C)(C)c1nccs1)C(N)=S. The molecule has 1 amide bonds. The molecule has 1 heterocycles. The maximum Gasteiger partial charge on any atom is 0.230 e. The summed E-state index contributed by atoms with van der Waals surface area (Å²) in [6.07, 6.45) is 3.27. The van der Waals surface area contributed by atoms with Crippen molar-refractivity contribution in [1.29, 1.82) is 0 Å². The Bertz CT molecular complexity index is 415. The molecule has 6 heteroatoms. The van der Waals surface area contributed by atoms with Crippen LogP contribution >= 0.6 is 23.6 Å². The number of nitrogens with two attached hydrogens (primary N) is 1. The molecule has 100 valence electrons. The second-order valence-corrected chi connectivity index (χ2v) is 6.06. The highest BCUT2D eigenvalue weighted by atomic mass is 32.1. The van der Waals surface area contributed by atoms with Crippen LogP contribution in [0.15, 0.2) is 11.6 Å². The van der Waals surface area contributed by atoms with Gasteiger partial charge in [0.15, 0.2) is 0 Å². The van der Waals surface area contributed by atoms with Crippen LogP contribution in [0.5, 0.6) is 0 Å². The third-order valence-corrected chi connectivity index (χ3v) is 4.02. The number of thiazole rings is 1. The molecule has 0 aliphatic carbocycles. The van der Waals surface area contributed by atoms with Gasteiger partial charge in [-0.25, -0.2) is 4.98 Å². The minimum atomic E-state index is -0.498. The Morgan fingerprint density at radius 2 is 2.33 bits per heavy atom. The Morgan fingerprint density at radius 1 is 1.67 bits per heavy atom. The first-order valence-electron chi connectivity index (χ1n) is 5.89. The average molecular weight is 285 g/mol. The van der Waals surface area contributed by atoms with Crippen LogP contribution in [0.2, 0.25) is 0 Å². The van der Waals surface area contributed by atoms with E-state index in [2.05, 4.69) is 10.3 Å². The molecule has 0 aromatic carbocycles. The van der Waals surface area contributed by atoms with E-state index in [9.17, 15) is 4.79 Å². The molecule has 0 saturated carbocycles. The van der Waals surface area contributed by atoms with Gasteiger partial charge >= 0.3 is 0 Å². The summed E-state index contributed by atoms with van der Waals surface area (Å²) in [6.45, 7) is 5.85. The number of nitrogens with zero attached hydrogens (tertiary/aromatic N) is 1. The summed E-state index contributed by atoms with van der Waals surface area (Å²) >= 11 is 6.47. The first-order chi connectivity index (χ1) is 8.38. The molecule has 4 nitrogen and oxygen atoms in total. The Labute approximate surface area is 117 Å². The third kappa shape index (κ3) is 3.74. The summed E-state index contributed by atoms with van der Waals surface area (Å²) < 4.78 is 0. The number of aromatic nitrogens is 1. The van der Waals surface area contributed by atoms with E-state index < -0.39 is 11.5 Å². The van der Waals surface area contributed by atoms with Crippen molar-refractivity contribution in [1.82, 2.24) is 10.3 Å². The minimum Gasteiger partial charge on any atom is -0.393 e. The van der Waals surface area contributed by atoms with Crippen LogP contribution in [-0.4, -0.2) is 15.9 Å². The lowest BCUT2D eigenvalue weighted by Gasteiger charge is -2.26. The highest BCUT2D eigenvalue weighted by molar-refractivity contribution is 7.80. The van der Waals surface area contributed by atoms with Gasteiger partial charge in [-0.2, -0.15) is 0 Å². The first kappa shape index (κ1) is 15.0. The molecule has 0 saturated heterocycles. The zero-order chi connectivity index (χ0) is 13.8. The predicted molar refractivity (Wildman–Crippen MR) is 78.5 cm³/mol.